The zero-order chi connectivity index (χ0) is 78.7. The number of ether oxygens (including phenoxy) is 14. The summed E-state index contributed by atoms with van der Waals surface area (Å²) in [4.78, 5) is 53.9. The summed E-state index contributed by atoms with van der Waals surface area (Å²) in [7, 11) is 0. The van der Waals surface area contributed by atoms with Gasteiger partial charge in [0.2, 0.25) is 12.2 Å². The second-order valence-electron chi connectivity index (χ2n) is 27.6. The lowest BCUT2D eigenvalue weighted by Crippen LogP contribution is -2.71. The fraction of sp³-hybridized carbons (Fsp3) is 0.841. The number of benzene rings is 1. The minimum Gasteiger partial charge on any atom is -0.477 e. The largest absolute Gasteiger partial charge is 0.477 e. The normalized spacial score (nSPS) is 44.1. The van der Waals surface area contributed by atoms with Crippen LogP contribution in [0.1, 0.15) is 52.5 Å². The van der Waals surface area contributed by atoms with E-state index in [1.807, 2.05) is 0 Å². The van der Waals surface area contributed by atoms with Gasteiger partial charge in [0.25, 0.3) is 17.4 Å². The van der Waals surface area contributed by atoms with Crippen LogP contribution in [0.2, 0.25) is 0 Å². The van der Waals surface area contributed by atoms with Crippen molar-refractivity contribution < 1.29 is 208 Å². The van der Waals surface area contributed by atoms with Gasteiger partial charge in [-0.3, -0.25) is 4.79 Å². The van der Waals surface area contributed by atoms with Gasteiger partial charge >= 0.3 is 17.9 Å². The molecule has 1 amide bonds. The highest BCUT2D eigenvalue weighted by Gasteiger charge is 2.65. The van der Waals surface area contributed by atoms with E-state index in [1.54, 1.807) is 19.1 Å². The van der Waals surface area contributed by atoms with Crippen molar-refractivity contribution in [2.75, 3.05) is 46.2 Å². The number of carboxylic acid groups (broad SMARTS) is 3. The van der Waals surface area contributed by atoms with Crippen LogP contribution in [0.5, 0.6) is 5.75 Å². The maximum absolute atomic E-state index is 14.2. The molecule has 32 unspecified atom stereocenters. The van der Waals surface area contributed by atoms with Gasteiger partial charge < -0.3 is 194 Å². The minimum absolute atomic E-state index is 0.108. The first kappa shape index (κ1) is 87.1. The summed E-state index contributed by atoms with van der Waals surface area (Å²) in [5.41, 5.74) is 0.793. The third kappa shape index (κ3) is 18.2. The number of aliphatic hydroxyl groups excluding tert-OH is 21. The molecule has 43 heteroatoms. The Hall–Kier alpha value is -4.46. The first-order valence-corrected chi connectivity index (χ1v) is 34.0. The molecular formula is C63H99NO42. The van der Waals surface area contributed by atoms with Gasteiger partial charge in [-0.2, -0.15) is 0 Å². The average Bonchev–Trinajstić information content (AvgIpc) is 0.755. The zero-order valence-corrected chi connectivity index (χ0v) is 57.7. The van der Waals surface area contributed by atoms with Crippen molar-refractivity contribution >= 4 is 23.8 Å². The monoisotopic (exact) mass is 1540 g/mol. The van der Waals surface area contributed by atoms with Crippen LogP contribution in [0.25, 0.3) is 0 Å². The molecule has 0 bridgehead atoms. The molecule has 106 heavy (non-hydrogen) atoms. The molecule has 0 spiro atoms. The van der Waals surface area contributed by atoms with E-state index < -0.39 is 320 Å². The van der Waals surface area contributed by atoms with E-state index in [0.29, 0.717) is 0 Å². The number of rotatable bonds is 31. The molecule has 25 N–H and O–H groups in total. The van der Waals surface area contributed by atoms with Crippen LogP contribution in [0, 0.1) is 24.7 Å². The molecule has 7 fully saturated rings. The Bertz CT molecular complexity index is 3000. The van der Waals surface area contributed by atoms with Crippen molar-refractivity contribution in [2.45, 2.75) is 267 Å². The highest BCUT2D eigenvalue weighted by Crippen LogP contribution is 2.46. The summed E-state index contributed by atoms with van der Waals surface area (Å²) < 4.78 is 83.2. The number of hydrogen-bond acceptors (Lipinski definition) is 39. The van der Waals surface area contributed by atoms with Gasteiger partial charge in [-0.1, -0.05) is 38.5 Å². The summed E-state index contributed by atoms with van der Waals surface area (Å²) in [5, 5.41) is 269. The van der Waals surface area contributed by atoms with Crippen molar-refractivity contribution in [1.82, 2.24) is 5.32 Å². The molecule has 0 aliphatic carbocycles. The van der Waals surface area contributed by atoms with Crippen molar-refractivity contribution in [1.29, 1.82) is 0 Å². The third-order valence-electron chi connectivity index (χ3n) is 20.3. The van der Waals surface area contributed by atoms with Crippen molar-refractivity contribution in [2.24, 2.45) is 17.8 Å². The first-order valence-electron chi connectivity index (χ1n) is 34.0. The van der Waals surface area contributed by atoms with Crippen LogP contribution in [0.4, 0.5) is 0 Å². The number of carbonyl (C=O) groups is 4. The van der Waals surface area contributed by atoms with E-state index in [0.717, 1.165) is 19.4 Å². The number of aliphatic carboxylic acids is 3. The molecule has 7 heterocycles. The van der Waals surface area contributed by atoms with Gasteiger partial charge in [0.05, 0.1) is 82.9 Å². The van der Waals surface area contributed by atoms with Gasteiger partial charge in [0.15, 0.2) is 18.9 Å². The highest BCUT2D eigenvalue weighted by atomic mass is 16.8. The average molecular weight is 1540 g/mol. The summed E-state index contributed by atoms with van der Waals surface area (Å²) in [6.07, 6.45) is -70.6. The Morgan fingerprint density at radius 1 is 0.462 bits per heavy atom. The smallest absolute Gasteiger partial charge is 0.364 e. The lowest BCUT2D eigenvalue weighted by molar-refractivity contribution is -0.406. The number of nitrogens with one attached hydrogen (secondary N) is 1. The summed E-state index contributed by atoms with van der Waals surface area (Å²) in [5.74, 6) is -21.2. The van der Waals surface area contributed by atoms with Crippen LogP contribution in [0.15, 0.2) is 24.3 Å². The topological polar surface area (TPSA) is 695 Å². The second-order valence-corrected chi connectivity index (χ2v) is 27.6. The van der Waals surface area contributed by atoms with Crippen molar-refractivity contribution in [3.8, 4) is 5.75 Å². The number of aryl methyl sites for hydroxylation is 1. The van der Waals surface area contributed by atoms with Crippen molar-refractivity contribution in [3.63, 3.8) is 0 Å². The van der Waals surface area contributed by atoms with E-state index in [1.165, 1.54) is 26.0 Å². The molecule has 608 valence electrons. The van der Waals surface area contributed by atoms with Gasteiger partial charge in [0, 0.05) is 43.9 Å². The predicted octanol–water partition coefficient (Wildman–Crippen LogP) is -12.3. The Morgan fingerprint density at radius 2 is 0.849 bits per heavy atom. The molecule has 43 nitrogen and oxygen atoms in total. The van der Waals surface area contributed by atoms with Gasteiger partial charge in [-0.05, 0) is 19.1 Å². The second kappa shape index (κ2) is 36.4. The number of amides is 1. The Balaban J connectivity index is 1.17. The summed E-state index contributed by atoms with van der Waals surface area (Å²) in [6.45, 7) is -2.20. The predicted molar refractivity (Wildman–Crippen MR) is 334 cm³/mol. The SMILES string of the molecule is CC(=O)NC1C(OC2C(CO)OC(OC3C(CO)OC(Oc4ccc(C)cc4)C(O)C3O)C(O)C2OC2(C(=O)O)CC(O)C(C)C([C@H](O)[C@@H](CO)OC3(C(=O)O)CC(O)C(C)C([C@H](O)[C@H](O)CO)O3)O2)OC(CO)C(O)C1OC1OC(CO)C(O)C(OC2(C(=O)O)CC(O)C(C)C([C@H](O)[C@H](O)CO)O2)C1O. The fourth-order valence-corrected chi connectivity index (χ4v) is 13.9. The van der Waals surface area contributed by atoms with Gasteiger partial charge in [-0.15, -0.1) is 0 Å². The zero-order valence-electron chi connectivity index (χ0n) is 57.7. The molecule has 1 aromatic rings. The fourth-order valence-electron chi connectivity index (χ4n) is 13.9. The third-order valence-corrected chi connectivity index (χ3v) is 20.3. The Morgan fingerprint density at radius 3 is 1.30 bits per heavy atom. The van der Waals surface area contributed by atoms with Gasteiger partial charge in [0.1, 0.15) is 140 Å². The molecule has 0 aromatic heterocycles. The van der Waals surface area contributed by atoms with Crippen molar-refractivity contribution in [3.05, 3.63) is 29.8 Å². The van der Waals surface area contributed by atoms with Crippen LogP contribution in [-0.2, 0) is 80.8 Å². The van der Waals surface area contributed by atoms with E-state index in [4.69, 9.17) is 66.3 Å². The quantitative estimate of drug-likeness (QED) is 0.0328. The van der Waals surface area contributed by atoms with E-state index in [-0.39, 0.29) is 5.75 Å². The van der Waals surface area contributed by atoms with E-state index in [2.05, 4.69) is 5.32 Å². The minimum atomic E-state index is -3.53. The lowest BCUT2D eigenvalue weighted by atomic mass is 9.83. The van der Waals surface area contributed by atoms with Crippen LogP contribution in [-0.4, -0.2) is 406 Å². The van der Waals surface area contributed by atoms with Gasteiger partial charge in [-0.25, -0.2) is 14.4 Å². The summed E-state index contributed by atoms with van der Waals surface area (Å²) >= 11 is 0. The molecule has 1 aromatic carbocycles. The number of carbonyl (C=O) groups excluding carboxylic acids is 1. The molecule has 8 rings (SSSR count). The van der Waals surface area contributed by atoms with E-state index >= 15 is 0 Å². The molecule has 38 atom stereocenters. The summed E-state index contributed by atoms with van der Waals surface area (Å²) in [6, 6.07) is 4.09. The van der Waals surface area contributed by atoms with Crippen LogP contribution >= 0.6 is 0 Å². The molecule has 7 saturated heterocycles. The standard InChI is InChI=1S/C63H99NO42/c1-20-6-8-25(9-7-20)93-55-43(84)42(83)49(34(18-70)96-55)98-57-45(86)53(106-63(60(91)92)12-28(75)23(4)48(104-63)41(82)33(17-69)101-61(58(87)88)10-26(73)21(2)46(102-61)37(78)29(76)13-65)50(35(19-71)97-57)99-54-36(64-24(5)72)51(39(80)31(15-67)94-54)100-56-44(85)52(40(81)32(16-68)95-56)105-62(59(89)90)11-27(74)22(3)47(103-62)38(79)30(77)14-66/h6-9,21-23,26-57,65-71,73-86H,10-19H2,1-5H3,(H,64,72)(H,87,88)(H,89,90)(H,91,92)/t21?,22?,23?,26?,27?,28?,29-,30-,31?,32?,33-,34?,35?,36?,37-,38-,39?,40?,41-,42?,43?,44?,45?,46?,47?,48?,49?,50?,51?,52?,53?,54?,55?,56?,57?,61?,62?,63?/m1/s1. The Labute approximate surface area is 602 Å². The number of hydrogen-bond donors (Lipinski definition) is 25. The van der Waals surface area contributed by atoms with Crippen LogP contribution in [0.3, 0.4) is 0 Å². The van der Waals surface area contributed by atoms with Crippen LogP contribution < -0.4 is 10.1 Å². The molecule has 0 radical (unpaired) electrons. The number of carboxylic acids is 3. The van der Waals surface area contributed by atoms with E-state index in [9.17, 15) is 142 Å². The molecular weight excluding hydrogens is 1440 g/mol. The highest BCUT2D eigenvalue weighted by molar-refractivity contribution is 5.77. The maximum Gasteiger partial charge on any atom is 0.364 e. The molecule has 7 aliphatic rings. The first-order chi connectivity index (χ1) is 49.9. The maximum atomic E-state index is 14.2. The molecule has 7 aliphatic heterocycles. The number of aliphatic hydroxyl groups is 21. The lowest BCUT2D eigenvalue weighted by Gasteiger charge is -2.53. The Kier molecular flexibility index (Phi) is 29.9. The molecule has 0 saturated carbocycles.